The van der Waals surface area contributed by atoms with Gasteiger partial charge in [0.2, 0.25) is 0 Å². The zero-order valence-corrected chi connectivity index (χ0v) is 12.9. The second-order valence-electron chi connectivity index (χ2n) is 5.61. The van der Waals surface area contributed by atoms with E-state index < -0.39 is 0 Å². The van der Waals surface area contributed by atoms with Gasteiger partial charge in [0.1, 0.15) is 5.75 Å². The quantitative estimate of drug-likeness (QED) is 0.862. The lowest BCUT2D eigenvalue weighted by atomic mass is 9.86. The minimum absolute atomic E-state index is 0.120. The van der Waals surface area contributed by atoms with Gasteiger partial charge in [-0.05, 0) is 30.4 Å². The summed E-state index contributed by atoms with van der Waals surface area (Å²) < 4.78 is 5.40. The van der Waals surface area contributed by atoms with Crippen molar-refractivity contribution in [2.75, 3.05) is 6.61 Å². The molecule has 0 aliphatic heterocycles. The van der Waals surface area contributed by atoms with Crippen LogP contribution < -0.4 is 10.5 Å². The molecule has 0 spiro atoms. The highest BCUT2D eigenvalue weighted by Crippen LogP contribution is 2.37. The van der Waals surface area contributed by atoms with E-state index in [2.05, 4.69) is 20.8 Å². The standard InChI is InChI=1S/C14H21Cl2NO/c1-5-18-13-7-10(15)9(6-11(13)16)12(17)8-14(2,3)4/h6-7,12H,5,8,17H2,1-4H3. The molecule has 0 heterocycles. The van der Waals surface area contributed by atoms with Crippen LogP contribution in [-0.2, 0) is 0 Å². The lowest BCUT2D eigenvalue weighted by molar-refractivity contribution is 0.337. The van der Waals surface area contributed by atoms with Gasteiger partial charge in [-0.3, -0.25) is 0 Å². The van der Waals surface area contributed by atoms with Crippen LogP contribution >= 0.6 is 23.2 Å². The highest BCUT2D eigenvalue weighted by Gasteiger charge is 2.20. The predicted octanol–water partition coefficient (Wildman–Crippen LogP) is 4.83. The number of hydrogen-bond donors (Lipinski definition) is 1. The van der Waals surface area contributed by atoms with E-state index in [1.165, 1.54) is 0 Å². The van der Waals surface area contributed by atoms with Gasteiger partial charge in [-0.2, -0.15) is 0 Å². The minimum atomic E-state index is -0.120. The van der Waals surface area contributed by atoms with Crippen molar-refractivity contribution in [3.8, 4) is 5.75 Å². The van der Waals surface area contributed by atoms with E-state index in [1.807, 2.05) is 13.0 Å². The Labute approximate surface area is 119 Å². The number of rotatable bonds is 4. The van der Waals surface area contributed by atoms with Gasteiger partial charge in [-0.25, -0.2) is 0 Å². The first-order valence-corrected chi connectivity index (χ1v) is 6.87. The monoisotopic (exact) mass is 289 g/mol. The van der Waals surface area contributed by atoms with Crippen molar-refractivity contribution >= 4 is 23.2 Å². The molecule has 2 N–H and O–H groups in total. The zero-order chi connectivity index (χ0) is 13.9. The maximum Gasteiger partial charge on any atom is 0.139 e. The van der Waals surface area contributed by atoms with Crippen LogP contribution in [0.4, 0.5) is 0 Å². The Kier molecular flexibility index (Phi) is 5.32. The van der Waals surface area contributed by atoms with Crippen molar-refractivity contribution < 1.29 is 4.74 Å². The SMILES string of the molecule is CCOc1cc(Cl)c(C(N)CC(C)(C)C)cc1Cl. The lowest BCUT2D eigenvalue weighted by Crippen LogP contribution is -2.19. The summed E-state index contributed by atoms with van der Waals surface area (Å²) in [5.41, 5.74) is 7.21. The maximum absolute atomic E-state index is 6.24. The fraction of sp³-hybridized carbons (Fsp3) is 0.571. The second-order valence-corrected chi connectivity index (χ2v) is 6.42. The summed E-state index contributed by atoms with van der Waals surface area (Å²) in [6.45, 7) is 8.91. The summed E-state index contributed by atoms with van der Waals surface area (Å²) in [6.07, 6.45) is 0.844. The summed E-state index contributed by atoms with van der Waals surface area (Å²) in [5.74, 6) is 0.607. The van der Waals surface area contributed by atoms with Crippen molar-refractivity contribution in [1.82, 2.24) is 0 Å². The number of ether oxygens (including phenoxy) is 1. The number of benzene rings is 1. The third-order valence-corrected chi connectivity index (χ3v) is 3.21. The molecular weight excluding hydrogens is 269 g/mol. The summed E-state index contributed by atoms with van der Waals surface area (Å²) >= 11 is 12.4. The molecule has 0 aromatic heterocycles. The third-order valence-electron chi connectivity index (χ3n) is 2.58. The van der Waals surface area contributed by atoms with Gasteiger partial charge >= 0.3 is 0 Å². The van der Waals surface area contributed by atoms with Gasteiger partial charge in [0, 0.05) is 17.1 Å². The number of hydrogen-bond acceptors (Lipinski definition) is 2. The highest BCUT2D eigenvalue weighted by molar-refractivity contribution is 6.34. The first kappa shape index (κ1) is 15.6. The molecule has 0 amide bonds. The van der Waals surface area contributed by atoms with Crippen LogP contribution in [0.2, 0.25) is 10.0 Å². The molecule has 0 saturated carbocycles. The second kappa shape index (κ2) is 6.14. The molecular formula is C14H21Cl2NO. The fourth-order valence-corrected chi connectivity index (χ4v) is 2.38. The Morgan fingerprint density at radius 2 is 1.83 bits per heavy atom. The Hall–Kier alpha value is -0.440. The van der Waals surface area contributed by atoms with Crippen LogP contribution in [-0.4, -0.2) is 6.61 Å². The first-order valence-electron chi connectivity index (χ1n) is 6.12. The summed E-state index contributed by atoms with van der Waals surface area (Å²) in [6, 6.07) is 3.43. The van der Waals surface area contributed by atoms with Gasteiger partial charge in [-0.1, -0.05) is 44.0 Å². The normalized spacial score (nSPS) is 13.5. The van der Waals surface area contributed by atoms with Gasteiger partial charge in [-0.15, -0.1) is 0 Å². The largest absolute Gasteiger partial charge is 0.492 e. The van der Waals surface area contributed by atoms with Crippen LogP contribution in [0.1, 0.15) is 45.7 Å². The molecule has 4 heteroatoms. The van der Waals surface area contributed by atoms with Crippen molar-refractivity contribution in [3.05, 3.63) is 27.7 Å². The Morgan fingerprint density at radius 1 is 1.22 bits per heavy atom. The van der Waals surface area contributed by atoms with E-state index in [9.17, 15) is 0 Å². The molecule has 0 aliphatic carbocycles. The van der Waals surface area contributed by atoms with E-state index in [4.69, 9.17) is 33.7 Å². The number of nitrogens with two attached hydrogens (primary N) is 1. The van der Waals surface area contributed by atoms with Crippen molar-refractivity contribution in [2.24, 2.45) is 11.1 Å². The van der Waals surface area contributed by atoms with Crippen LogP contribution in [0, 0.1) is 5.41 Å². The van der Waals surface area contributed by atoms with Crippen LogP contribution in [0.5, 0.6) is 5.75 Å². The first-order chi connectivity index (χ1) is 8.24. The summed E-state index contributed by atoms with van der Waals surface area (Å²) in [5, 5.41) is 1.17. The highest BCUT2D eigenvalue weighted by atomic mass is 35.5. The van der Waals surface area contributed by atoms with Gasteiger partial charge in [0.25, 0.3) is 0 Å². The van der Waals surface area contributed by atoms with Crippen LogP contribution in [0.15, 0.2) is 12.1 Å². The topological polar surface area (TPSA) is 35.2 Å². The van der Waals surface area contributed by atoms with Gasteiger partial charge in [0.05, 0.1) is 11.6 Å². The average Bonchev–Trinajstić information content (AvgIpc) is 2.20. The predicted molar refractivity (Wildman–Crippen MR) is 78.6 cm³/mol. The molecule has 1 aromatic carbocycles. The zero-order valence-electron chi connectivity index (χ0n) is 11.4. The Balaban J connectivity index is 3.00. The maximum atomic E-state index is 6.24. The summed E-state index contributed by atoms with van der Waals surface area (Å²) in [7, 11) is 0. The molecule has 1 rings (SSSR count). The van der Waals surface area contributed by atoms with Crippen molar-refractivity contribution in [1.29, 1.82) is 0 Å². The molecule has 1 unspecified atom stereocenters. The van der Waals surface area contributed by atoms with Crippen LogP contribution in [0.3, 0.4) is 0 Å². The number of halogens is 2. The average molecular weight is 290 g/mol. The van der Waals surface area contributed by atoms with Gasteiger partial charge in [0.15, 0.2) is 0 Å². The fourth-order valence-electron chi connectivity index (χ4n) is 1.86. The lowest BCUT2D eigenvalue weighted by Gasteiger charge is -2.24. The van der Waals surface area contributed by atoms with Gasteiger partial charge < -0.3 is 10.5 Å². The smallest absolute Gasteiger partial charge is 0.139 e. The van der Waals surface area contributed by atoms with E-state index in [1.54, 1.807) is 6.07 Å². The van der Waals surface area contributed by atoms with E-state index >= 15 is 0 Å². The van der Waals surface area contributed by atoms with Crippen molar-refractivity contribution in [3.63, 3.8) is 0 Å². The Bertz CT molecular complexity index is 413. The molecule has 102 valence electrons. The molecule has 0 radical (unpaired) electrons. The van der Waals surface area contributed by atoms with Crippen LogP contribution in [0.25, 0.3) is 0 Å². The molecule has 18 heavy (non-hydrogen) atoms. The van der Waals surface area contributed by atoms with E-state index in [0.717, 1.165) is 12.0 Å². The minimum Gasteiger partial charge on any atom is -0.492 e. The Morgan fingerprint density at radius 3 is 2.33 bits per heavy atom. The third kappa shape index (κ3) is 4.34. The molecule has 2 nitrogen and oxygen atoms in total. The van der Waals surface area contributed by atoms with E-state index in [0.29, 0.717) is 22.4 Å². The molecule has 0 fully saturated rings. The molecule has 0 saturated heterocycles. The molecule has 0 bridgehead atoms. The van der Waals surface area contributed by atoms with E-state index in [-0.39, 0.29) is 11.5 Å². The van der Waals surface area contributed by atoms with Crippen molar-refractivity contribution in [2.45, 2.75) is 40.2 Å². The summed E-state index contributed by atoms with van der Waals surface area (Å²) in [4.78, 5) is 0. The molecule has 1 aromatic rings. The molecule has 0 aliphatic rings. The molecule has 1 atom stereocenters.